The van der Waals surface area contributed by atoms with Gasteiger partial charge in [0.2, 0.25) is 0 Å². The molecule has 0 saturated heterocycles. The fraction of sp³-hybridized carbons (Fsp3) is 0.0189. The average molecular weight is 667 g/mol. The van der Waals surface area contributed by atoms with Crippen molar-refractivity contribution in [1.82, 2.24) is 0 Å². The molecule has 0 amide bonds. The molecule has 0 atom stereocenters. The second kappa shape index (κ2) is 9.76. The van der Waals surface area contributed by atoms with Gasteiger partial charge in [-0.1, -0.05) is 158 Å². The van der Waals surface area contributed by atoms with Crippen molar-refractivity contribution in [2.45, 2.75) is 6.92 Å². The molecule has 53 heavy (non-hydrogen) atoms. The molecule has 0 aromatic heterocycles. The highest BCUT2D eigenvalue weighted by Crippen LogP contribution is 2.56. The van der Waals surface area contributed by atoms with Gasteiger partial charge in [0.05, 0.1) is 0 Å². The van der Waals surface area contributed by atoms with Gasteiger partial charge in [-0.2, -0.15) is 0 Å². The highest BCUT2D eigenvalue weighted by Gasteiger charge is 2.28. The minimum atomic E-state index is 1.25. The van der Waals surface area contributed by atoms with Crippen LogP contribution in [-0.2, 0) is 0 Å². The standard InChI is InChI=1S/C53H30/c1-29-24-25-40-46-33(29)18-10-22-38(46)50-48-37-21-9-17-31-16-8-19-36(44(31)37)42(48)28-43-45(32-14-6-3-7-15-32)49-41-27-26-34(30-12-4-2-5-13-30)35-20-11-23-39(47(35)41)51(49)52(40)53(43)50/h2-28H,1H3. The molecule has 0 aliphatic carbocycles. The molecule has 242 valence electrons. The predicted molar refractivity (Wildman–Crippen MR) is 231 cm³/mol. The Morgan fingerprint density at radius 3 is 1.53 bits per heavy atom. The Balaban J connectivity index is 1.42. The molecular weight excluding hydrogens is 637 g/mol. The highest BCUT2D eigenvalue weighted by atomic mass is 14.3. The summed E-state index contributed by atoms with van der Waals surface area (Å²) in [6, 6.07) is 61.9. The van der Waals surface area contributed by atoms with Crippen LogP contribution < -0.4 is 0 Å². The van der Waals surface area contributed by atoms with E-state index in [2.05, 4.69) is 171 Å². The molecule has 0 N–H and O–H groups in total. The zero-order chi connectivity index (χ0) is 34.5. The van der Waals surface area contributed by atoms with Crippen LogP contribution in [-0.4, -0.2) is 0 Å². The largest absolute Gasteiger partial charge is 0.0622 e. The van der Waals surface area contributed by atoms with E-state index >= 15 is 0 Å². The summed E-state index contributed by atoms with van der Waals surface area (Å²) in [6.45, 7) is 2.27. The van der Waals surface area contributed by atoms with Gasteiger partial charge >= 0.3 is 0 Å². The van der Waals surface area contributed by atoms with E-state index < -0.39 is 0 Å². The Bertz CT molecular complexity index is 3640. The summed E-state index contributed by atoms with van der Waals surface area (Å²) in [5.41, 5.74) is 6.45. The number of benzene rings is 11. The molecule has 13 aromatic carbocycles. The zero-order valence-corrected chi connectivity index (χ0v) is 29.1. The maximum absolute atomic E-state index is 2.56. The van der Waals surface area contributed by atoms with E-state index in [1.807, 2.05) is 0 Å². The van der Waals surface area contributed by atoms with E-state index in [1.54, 1.807) is 0 Å². The molecule has 13 rings (SSSR count). The molecule has 0 saturated carbocycles. The number of rotatable bonds is 2. The lowest BCUT2D eigenvalue weighted by Gasteiger charge is -2.21. The van der Waals surface area contributed by atoms with Crippen LogP contribution in [0.2, 0.25) is 0 Å². The van der Waals surface area contributed by atoms with Crippen molar-refractivity contribution in [2.24, 2.45) is 0 Å². The molecule has 0 aliphatic rings. The van der Waals surface area contributed by atoms with Gasteiger partial charge < -0.3 is 0 Å². The van der Waals surface area contributed by atoms with Crippen LogP contribution in [0, 0.1) is 6.92 Å². The maximum atomic E-state index is 2.56. The van der Waals surface area contributed by atoms with E-state index in [1.165, 1.54) is 136 Å². The van der Waals surface area contributed by atoms with Crippen LogP contribution in [0.3, 0.4) is 0 Å². The smallest absolute Gasteiger partial charge is 0.000673 e. The predicted octanol–water partition coefficient (Wildman–Crippen LogP) is 15.2. The van der Waals surface area contributed by atoms with E-state index in [0.29, 0.717) is 0 Å². The van der Waals surface area contributed by atoms with Crippen LogP contribution in [0.25, 0.3) is 130 Å². The SMILES string of the molecule is Cc1ccc2c3c1cccc3c1c3c(cc4c(-c5ccccc5)c5c6ccc(-c7ccccc7)c7cccc(c76)c5c2c41)c1cccc2cccc3c21. The van der Waals surface area contributed by atoms with Crippen molar-refractivity contribution in [1.29, 1.82) is 0 Å². The Labute approximate surface area is 305 Å². The van der Waals surface area contributed by atoms with Gasteiger partial charge in [0.25, 0.3) is 0 Å². The molecule has 0 fully saturated rings. The van der Waals surface area contributed by atoms with Gasteiger partial charge in [0, 0.05) is 0 Å². The van der Waals surface area contributed by atoms with Gasteiger partial charge in [0.15, 0.2) is 0 Å². The van der Waals surface area contributed by atoms with Crippen LogP contribution in [0.5, 0.6) is 0 Å². The summed E-state index contributed by atoms with van der Waals surface area (Å²) in [5, 5.41) is 27.0. The molecule has 13 aromatic rings. The molecule has 0 aliphatic heterocycles. The summed E-state index contributed by atoms with van der Waals surface area (Å²) >= 11 is 0. The second-order valence-corrected chi connectivity index (χ2v) is 15.1. The summed E-state index contributed by atoms with van der Waals surface area (Å²) < 4.78 is 0. The molecule has 0 radical (unpaired) electrons. The fourth-order valence-corrected chi connectivity index (χ4v) is 10.6. The van der Waals surface area contributed by atoms with E-state index in [9.17, 15) is 0 Å². The topological polar surface area (TPSA) is 0 Å². The van der Waals surface area contributed by atoms with Gasteiger partial charge in [-0.15, -0.1) is 0 Å². The first-order valence-electron chi connectivity index (χ1n) is 18.7. The molecule has 0 bridgehead atoms. The third-order valence-corrected chi connectivity index (χ3v) is 12.6. The van der Waals surface area contributed by atoms with Crippen molar-refractivity contribution >= 4 is 108 Å². The average Bonchev–Trinajstić information content (AvgIpc) is 3.72. The van der Waals surface area contributed by atoms with Gasteiger partial charge in [-0.25, -0.2) is 0 Å². The first-order chi connectivity index (χ1) is 26.3. The number of hydrogen-bond acceptors (Lipinski definition) is 0. The summed E-state index contributed by atoms with van der Waals surface area (Å²) in [5.74, 6) is 0. The first kappa shape index (κ1) is 27.9. The molecule has 0 heteroatoms. The lowest BCUT2D eigenvalue weighted by Crippen LogP contribution is -1.92. The van der Waals surface area contributed by atoms with Crippen LogP contribution >= 0.6 is 0 Å². The lowest BCUT2D eigenvalue weighted by atomic mass is 9.81. The Morgan fingerprint density at radius 2 is 0.774 bits per heavy atom. The molecule has 0 nitrogen and oxygen atoms in total. The van der Waals surface area contributed by atoms with Crippen molar-refractivity contribution in [3.8, 4) is 22.3 Å². The zero-order valence-electron chi connectivity index (χ0n) is 29.1. The van der Waals surface area contributed by atoms with Gasteiger partial charge in [-0.3, -0.25) is 0 Å². The minimum absolute atomic E-state index is 1.25. The van der Waals surface area contributed by atoms with Gasteiger partial charge in [0.1, 0.15) is 0 Å². The van der Waals surface area contributed by atoms with Crippen molar-refractivity contribution < 1.29 is 0 Å². The van der Waals surface area contributed by atoms with Crippen LogP contribution in [0.1, 0.15) is 5.56 Å². The van der Waals surface area contributed by atoms with Crippen molar-refractivity contribution in [2.75, 3.05) is 0 Å². The Kier molecular flexibility index (Phi) is 5.14. The molecule has 0 spiro atoms. The van der Waals surface area contributed by atoms with Crippen molar-refractivity contribution in [3.63, 3.8) is 0 Å². The Hall–Kier alpha value is -6.76. The van der Waals surface area contributed by atoms with E-state index in [-0.39, 0.29) is 0 Å². The van der Waals surface area contributed by atoms with Crippen LogP contribution in [0.4, 0.5) is 0 Å². The van der Waals surface area contributed by atoms with Gasteiger partial charge in [-0.05, 0) is 149 Å². The fourth-order valence-electron chi connectivity index (χ4n) is 10.6. The summed E-state index contributed by atoms with van der Waals surface area (Å²) in [6.07, 6.45) is 0. The molecule has 0 unspecified atom stereocenters. The molecular formula is C53H30. The Morgan fingerprint density at radius 1 is 0.264 bits per heavy atom. The quantitative estimate of drug-likeness (QED) is 0.127. The van der Waals surface area contributed by atoms with Crippen LogP contribution in [0.15, 0.2) is 164 Å². The summed E-state index contributed by atoms with van der Waals surface area (Å²) in [4.78, 5) is 0. The maximum Gasteiger partial charge on any atom is -0.000673 e. The third-order valence-electron chi connectivity index (χ3n) is 12.6. The first-order valence-corrected chi connectivity index (χ1v) is 18.7. The number of fused-ring (bicyclic) bond motifs is 10. The third kappa shape index (κ3) is 3.34. The van der Waals surface area contributed by atoms with E-state index in [4.69, 9.17) is 0 Å². The monoisotopic (exact) mass is 666 g/mol. The lowest BCUT2D eigenvalue weighted by molar-refractivity contribution is 1.55. The normalized spacial score (nSPS) is 12.6. The minimum Gasteiger partial charge on any atom is -0.0622 e. The second-order valence-electron chi connectivity index (χ2n) is 15.1. The van der Waals surface area contributed by atoms with Crippen molar-refractivity contribution in [3.05, 3.63) is 169 Å². The number of hydrogen-bond donors (Lipinski definition) is 0. The summed E-state index contributed by atoms with van der Waals surface area (Å²) in [7, 11) is 0. The highest BCUT2D eigenvalue weighted by molar-refractivity contribution is 6.52. The van der Waals surface area contributed by atoms with E-state index in [0.717, 1.165) is 0 Å². The molecule has 0 heterocycles. The number of aryl methyl sites for hydroxylation is 1.